The Morgan fingerprint density at radius 3 is 1.12 bits per heavy atom. The van der Waals surface area contributed by atoms with Gasteiger partial charge in [-0.05, 0) is 61.1 Å². The van der Waals surface area contributed by atoms with Crippen LogP contribution >= 0.6 is 21.6 Å². The van der Waals surface area contributed by atoms with Crippen LogP contribution < -0.4 is 32.7 Å². The van der Waals surface area contributed by atoms with E-state index in [9.17, 15) is 58.8 Å². The topological polar surface area (TPSA) is 358 Å². The Morgan fingerprint density at radius 1 is 0.500 bits per heavy atom. The van der Waals surface area contributed by atoms with Crippen LogP contribution in [0, 0.1) is 0 Å². The molecule has 4 amide bonds. The fraction of sp³-hybridized carbons (Fsp3) is 0.444. The number of hydrogen-bond acceptors (Lipinski definition) is 14. The van der Waals surface area contributed by atoms with Crippen molar-refractivity contribution in [2.24, 2.45) is 11.5 Å². The summed E-state index contributed by atoms with van der Waals surface area (Å²) >= 11 is 0. The fourth-order valence-electron chi connectivity index (χ4n) is 5.02. The Labute approximate surface area is 340 Å². The molecule has 0 saturated carbocycles. The van der Waals surface area contributed by atoms with Crippen molar-refractivity contribution >= 4 is 69.1 Å². The minimum absolute atomic E-state index is 0.0445. The molecule has 0 radical (unpaired) electrons. The standard InChI is InChI=1S/C36H48N6O14S2/c37-23(33(49)50)3-1-5-29(45)39-27(31(47)41-25(35(53)54)15-19-7-11-21(43)12-8-19)17-57-58-18-28(40-30(46)6-2-4-24(38)34(51)52)32(48)42-26(36(55)56)16-20-9-13-22(44)14-10-20/h7-14,23-28,43-44H,1-6,15-18,37-38H2,(H,39,45)(H,40,46)(H,41,47)(H,42,48)(H,49,50)(H,51,52)(H,53,54)(H,55,56)/t23-,24-,25+,26+,27-,28-/m0/s1. The van der Waals surface area contributed by atoms with E-state index >= 15 is 0 Å². The van der Waals surface area contributed by atoms with Crippen LogP contribution in [0.5, 0.6) is 11.5 Å². The zero-order valence-corrected chi connectivity index (χ0v) is 32.7. The summed E-state index contributed by atoms with van der Waals surface area (Å²) in [4.78, 5) is 98.9. The minimum atomic E-state index is -1.46. The average molecular weight is 853 g/mol. The highest BCUT2D eigenvalue weighted by atomic mass is 33.1. The summed E-state index contributed by atoms with van der Waals surface area (Å²) in [6.07, 6.45) is -0.792. The first-order valence-corrected chi connectivity index (χ1v) is 20.3. The second-order valence-corrected chi connectivity index (χ2v) is 15.6. The normalized spacial score (nSPS) is 14.0. The fourth-order valence-corrected chi connectivity index (χ4v) is 7.35. The number of carboxylic acid groups (broad SMARTS) is 4. The Balaban J connectivity index is 2.21. The quantitative estimate of drug-likeness (QED) is 0.0399. The van der Waals surface area contributed by atoms with Crippen LogP contribution in [0.3, 0.4) is 0 Å². The molecule has 0 fully saturated rings. The molecular formula is C36H48N6O14S2. The van der Waals surface area contributed by atoms with Crippen molar-refractivity contribution in [3.05, 3.63) is 59.7 Å². The zero-order valence-electron chi connectivity index (χ0n) is 31.1. The Hall–Kier alpha value is -5.58. The van der Waals surface area contributed by atoms with Gasteiger partial charge in [0.15, 0.2) is 0 Å². The number of phenolic OH excluding ortho intramolecular Hbond substituents is 2. The van der Waals surface area contributed by atoms with Gasteiger partial charge >= 0.3 is 23.9 Å². The Kier molecular flexibility index (Phi) is 20.9. The van der Waals surface area contributed by atoms with Gasteiger partial charge in [0.25, 0.3) is 0 Å². The molecule has 2 rings (SSSR count). The van der Waals surface area contributed by atoms with E-state index in [-0.39, 0.29) is 74.4 Å². The minimum Gasteiger partial charge on any atom is -0.508 e. The maximum absolute atomic E-state index is 13.4. The van der Waals surface area contributed by atoms with Crippen molar-refractivity contribution in [3.8, 4) is 11.5 Å². The van der Waals surface area contributed by atoms with Crippen LogP contribution in [0.15, 0.2) is 48.5 Å². The van der Waals surface area contributed by atoms with Crippen LogP contribution in [0.25, 0.3) is 0 Å². The molecule has 0 heterocycles. The number of carboxylic acids is 4. The maximum Gasteiger partial charge on any atom is 0.326 e. The highest BCUT2D eigenvalue weighted by Crippen LogP contribution is 2.24. The smallest absolute Gasteiger partial charge is 0.326 e. The number of benzene rings is 2. The van der Waals surface area contributed by atoms with Gasteiger partial charge in [0.05, 0.1) is 0 Å². The van der Waals surface area contributed by atoms with Crippen LogP contribution in [-0.4, -0.2) is 126 Å². The van der Waals surface area contributed by atoms with Gasteiger partial charge in [-0.25, -0.2) is 9.59 Å². The van der Waals surface area contributed by atoms with Crippen LogP contribution in [-0.2, 0) is 51.2 Å². The Bertz CT molecular complexity index is 1610. The van der Waals surface area contributed by atoms with E-state index in [0.717, 1.165) is 21.6 Å². The molecule has 0 unspecified atom stereocenters. The molecule has 14 N–H and O–H groups in total. The number of amides is 4. The van der Waals surface area contributed by atoms with Crippen LogP contribution in [0.4, 0.5) is 0 Å². The third kappa shape index (κ3) is 18.6. The lowest BCUT2D eigenvalue weighted by atomic mass is 10.1. The van der Waals surface area contributed by atoms with Gasteiger partial charge in [-0.1, -0.05) is 45.9 Å². The number of carbonyl (C=O) groups excluding carboxylic acids is 4. The van der Waals surface area contributed by atoms with Gasteiger partial charge < -0.3 is 63.4 Å². The molecule has 2 aromatic carbocycles. The van der Waals surface area contributed by atoms with Crippen molar-refractivity contribution in [3.63, 3.8) is 0 Å². The van der Waals surface area contributed by atoms with Crippen LogP contribution in [0.2, 0.25) is 0 Å². The molecule has 318 valence electrons. The monoisotopic (exact) mass is 852 g/mol. The van der Waals surface area contributed by atoms with Crippen LogP contribution in [0.1, 0.15) is 49.7 Å². The highest BCUT2D eigenvalue weighted by Gasteiger charge is 2.30. The summed E-state index contributed by atoms with van der Waals surface area (Å²) < 4.78 is 0. The number of nitrogens with two attached hydrogens (primary N) is 2. The number of hydrogen-bond donors (Lipinski definition) is 12. The summed E-state index contributed by atoms with van der Waals surface area (Å²) in [7, 11) is 1.89. The number of phenols is 2. The molecule has 20 nitrogen and oxygen atoms in total. The summed E-state index contributed by atoms with van der Waals surface area (Å²) in [6, 6.07) is 3.14. The van der Waals surface area contributed by atoms with Crippen molar-refractivity contribution in [2.45, 2.75) is 87.6 Å². The van der Waals surface area contributed by atoms with E-state index in [4.69, 9.17) is 21.7 Å². The number of rotatable bonds is 27. The van der Waals surface area contributed by atoms with E-state index in [1.54, 1.807) is 0 Å². The summed E-state index contributed by atoms with van der Waals surface area (Å²) in [5.41, 5.74) is 11.9. The van der Waals surface area contributed by atoms with E-state index in [0.29, 0.717) is 11.1 Å². The molecule has 22 heteroatoms. The van der Waals surface area contributed by atoms with Gasteiger partial charge in [0, 0.05) is 37.2 Å². The second kappa shape index (κ2) is 24.9. The van der Waals surface area contributed by atoms with Crippen molar-refractivity contribution < 1.29 is 69.0 Å². The number of nitrogens with one attached hydrogen (secondary N) is 4. The van der Waals surface area contributed by atoms with Crippen molar-refractivity contribution in [1.29, 1.82) is 0 Å². The third-order valence-corrected chi connectivity index (χ3v) is 10.7. The lowest BCUT2D eigenvalue weighted by Crippen LogP contribution is -2.53. The molecule has 6 atom stereocenters. The van der Waals surface area contributed by atoms with E-state index in [2.05, 4.69) is 21.3 Å². The number of carbonyl (C=O) groups is 8. The van der Waals surface area contributed by atoms with E-state index in [1.807, 2.05) is 0 Å². The molecule has 0 aliphatic heterocycles. The molecule has 58 heavy (non-hydrogen) atoms. The van der Waals surface area contributed by atoms with E-state index in [1.165, 1.54) is 48.5 Å². The van der Waals surface area contributed by atoms with Gasteiger partial charge in [0.1, 0.15) is 47.8 Å². The molecule has 0 spiro atoms. The molecule has 0 saturated heterocycles. The van der Waals surface area contributed by atoms with E-state index < -0.39 is 83.8 Å². The molecule has 0 aromatic heterocycles. The third-order valence-electron chi connectivity index (χ3n) is 8.31. The first-order chi connectivity index (χ1) is 27.4. The first-order valence-electron chi connectivity index (χ1n) is 17.8. The van der Waals surface area contributed by atoms with Gasteiger partial charge in [-0.3, -0.25) is 28.8 Å². The number of aliphatic carboxylic acids is 4. The second-order valence-electron chi connectivity index (χ2n) is 13.0. The molecule has 2 aromatic rings. The lowest BCUT2D eigenvalue weighted by molar-refractivity contribution is -0.142. The predicted octanol–water partition coefficient (Wildman–Crippen LogP) is -0.463. The van der Waals surface area contributed by atoms with Crippen molar-refractivity contribution in [1.82, 2.24) is 21.3 Å². The number of aromatic hydroxyl groups is 2. The van der Waals surface area contributed by atoms with Gasteiger partial charge in [-0.15, -0.1) is 0 Å². The summed E-state index contributed by atoms with van der Waals surface area (Å²) in [6.45, 7) is 0. The Morgan fingerprint density at radius 2 is 0.828 bits per heavy atom. The molecule has 0 bridgehead atoms. The summed E-state index contributed by atoms with van der Waals surface area (Å²) in [5, 5.41) is 66.6. The molecule has 0 aliphatic rings. The molecular weight excluding hydrogens is 805 g/mol. The van der Waals surface area contributed by atoms with Crippen molar-refractivity contribution in [2.75, 3.05) is 11.5 Å². The maximum atomic E-state index is 13.4. The SMILES string of the molecule is N[C@@H](CCCC(=O)N[C@@H](CSSC[C@H](NC(=O)CCC[C@H](N)C(=O)O)C(=O)N[C@H](Cc1ccc(O)cc1)C(=O)O)C(=O)N[C@H](Cc1ccc(O)cc1)C(=O)O)C(=O)O. The average Bonchev–Trinajstić information content (AvgIpc) is 3.16. The first kappa shape index (κ1) is 48.6. The van der Waals surface area contributed by atoms with Gasteiger partial charge in [-0.2, -0.15) is 0 Å². The molecule has 0 aliphatic carbocycles. The largest absolute Gasteiger partial charge is 0.508 e. The highest BCUT2D eigenvalue weighted by molar-refractivity contribution is 8.76. The zero-order chi connectivity index (χ0) is 43.4. The lowest BCUT2D eigenvalue weighted by Gasteiger charge is -2.23. The van der Waals surface area contributed by atoms with Gasteiger partial charge in [0.2, 0.25) is 23.6 Å². The summed E-state index contributed by atoms with van der Waals surface area (Å²) in [5.74, 6) is -8.98. The predicted molar refractivity (Wildman–Crippen MR) is 210 cm³/mol.